The van der Waals surface area contributed by atoms with E-state index in [9.17, 15) is 4.79 Å². The molecule has 1 heterocycles. The second-order valence-corrected chi connectivity index (χ2v) is 4.76. The number of rotatable bonds is 3. The van der Waals surface area contributed by atoms with E-state index in [4.69, 9.17) is 11.5 Å². The Morgan fingerprint density at radius 2 is 2.00 bits per heavy atom. The normalized spacial score (nSPS) is 21.0. The fraction of sp³-hybridized carbons (Fsp3) is 0.462. The summed E-state index contributed by atoms with van der Waals surface area (Å²) in [7, 11) is 2.11. The molecule has 98 valence electrons. The van der Waals surface area contributed by atoms with Gasteiger partial charge in [0.2, 0.25) is 5.91 Å². The highest BCUT2D eigenvalue weighted by Crippen LogP contribution is 2.20. The molecule has 18 heavy (non-hydrogen) atoms. The highest BCUT2D eigenvalue weighted by Gasteiger charge is 2.24. The van der Waals surface area contributed by atoms with Crippen molar-refractivity contribution in [2.24, 2.45) is 11.5 Å². The maximum Gasteiger partial charge on any atom is 0.248 e. The first-order valence-electron chi connectivity index (χ1n) is 6.17. The lowest BCUT2D eigenvalue weighted by molar-refractivity contribution is 0.100. The number of benzene rings is 1. The molecule has 1 atom stereocenters. The van der Waals surface area contributed by atoms with Crippen LogP contribution < -0.4 is 16.4 Å². The number of carbonyl (C=O) groups excluding carboxylic acids is 1. The van der Waals surface area contributed by atoms with Gasteiger partial charge in [-0.15, -0.1) is 0 Å². The lowest BCUT2D eigenvalue weighted by Gasteiger charge is -2.41. The zero-order chi connectivity index (χ0) is 13.1. The summed E-state index contributed by atoms with van der Waals surface area (Å²) >= 11 is 0. The third-order valence-corrected chi connectivity index (χ3v) is 3.44. The Labute approximate surface area is 107 Å². The van der Waals surface area contributed by atoms with Crippen LogP contribution in [-0.2, 0) is 0 Å². The first-order chi connectivity index (χ1) is 8.61. The second kappa shape index (κ2) is 5.37. The molecule has 4 N–H and O–H groups in total. The van der Waals surface area contributed by atoms with Crippen LogP contribution in [0.25, 0.3) is 0 Å². The number of amides is 1. The Balaban J connectivity index is 2.17. The number of carbonyl (C=O) groups is 1. The Morgan fingerprint density at radius 1 is 1.33 bits per heavy atom. The molecule has 0 aliphatic carbocycles. The van der Waals surface area contributed by atoms with E-state index >= 15 is 0 Å². The third-order valence-electron chi connectivity index (χ3n) is 3.44. The second-order valence-electron chi connectivity index (χ2n) is 4.76. The van der Waals surface area contributed by atoms with Gasteiger partial charge in [0.15, 0.2) is 0 Å². The van der Waals surface area contributed by atoms with Crippen molar-refractivity contribution in [3.05, 3.63) is 29.8 Å². The Bertz CT molecular complexity index is 418. The minimum Gasteiger partial charge on any atom is -0.366 e. The molecule has 5 heteroatoms. The molecule has 0 aromatic heterocycles. The zero-order valence-electron chi connectivity index (χ0n) is 10.7. The van der Waals surface area contributed by atoms with Gasteiger partial charge < -0.3 is 21.3 Å². The summed E-state index contributed by atoms with van der Waals surface area (Å²) < 4.78 is 0. The van der Waals surface area contributed by atoms with Gasteiger partial charge in [0.05, 0.1) is 6.04 Å². The van der Waals surface area contributed by atoms with Gasteiger partial charge in [-0.25, -0.2) is 0 Å². The fourth-order valence-electron chi connectivity index (χ4n) is 2.37. The van der Waals surface area contributed by atoms with Crippen molar-refractivity contribution in [3.63, 3.8) is 0 Å². The van der Waals surface area contributed by atoms with Crippen LogP contribution in [-0.4, -0.2) is 50.1 Å². The molecule has 0 spiro atoms. The summed E-state index contributed by atoms with van der Waals surface area (Å²) in [5.41, 5.74) is 12.7. The molecule has 1 fully saturated rings. The summed E-state index contributed by atoms with van der Waals surface area (Å²) in [5.74, 6) is -0.393. The van der Waals surface area contributed by atoms with Crippen LogP contribution in [0.5, 0.6) is 0 Å². The predicted molar refractivity (Wildman–Crippen MR) is 72.6 cm³/mol. The number of primary amides is 1. The van der Waals surface area contributed by atoms with E-state index in [-0.39, 0.29) is 0 Å². The number of nitrogens with two attached hydrogens (primary N) is 2. The molecule has 1 unspecified atom stereocenters. The van der Waals surface area contributed by atoms with Crippen LogP contribution in [0.3, 0.4) is 0 Å². The zero-order valence-corrected chi connectivity index (χ0v) is 10.7. The summed E-state index contributed by atoms with van der Waals surface area (Å²) in [4.78, 5) is 15.6. The molecule has 1 amide bonds. The highest BCUT2D eigenvalue weighted by molar-refractivity contribution is 5.93. The van der Waals surface area contributed by atoms with Crippen molar-refractivity contribution in [2.45, 2.75) is 6.04 Å². The number of likely N-dealkylation sites (N-methyl/N-ethyl adjacent to an activating group) is 1. The number of anilines is 1. The van der Waals surface area contributed by atoms with Gasteiger partial charge in [-0.05, 0) is 31.3 Å². The lowest BCUT2D eigenvalue weighted by Crippen LogP contribution is -2.55. The van der Waals surface area contributed by atoms with Gasteiger partial charge >= 0.3 is 0 Å². The molecule has 1 aromatic rings. The van der Waals surface area contributed by atoms with Crippen LogP contribution in [0.15, 0.2) is 24.3 Å². The molecule has 1 aliphatic rings. The number of hydrogen-bond acceptors (Lipinski definition) is 4. The summed E-state index contributed by atoms with van der Waals surface area (Å²) in [6.07, 6.45) is 0. The minimum atomic E-state index is -0.393. The quantitative estimate of drug-likeness (QED) is 0.781. The number of piperazine rings is 1. The van der Waals surface area contributed by atoms with Gasteiger partial charge in [0.25, 0.3) is 0 Å². The van der Waals surface area contributed by atoms with Crippen LogP contribution >= 0.6 is 0 Å². The maximum absolute atomic E-state index is 11.0. The number of hydrogen-bond donors (Lipinski definition) is 2. The Kier molecular flexibility index (Phi) is 3.84. The van der Waals surface area contributed by atoms with Crippen molar-refractivity contribution in [1.82, 2.24) is 4.90 Å². The van der Waals surface area contributed by atoms with E-state index in [1.54, 1.807) is 12.1 Å². The third kappa shape index (κ3) is 2.63. The smallest absolute Gasteiger partial charge is 0.248 e. The van der Waals surface area contributed by atoms with E-state index < -0.39 is 5.91 Å². The average molecular weight is 248 g/mol. The van der Waals surface area contributed by atoms with Crippen LogP contribution in [0.1, 0.15) is 10.4 Å². The topological polar surface area (TPSA) is 75.6 Å². The van der Waals surface area contributed by atoms with E-state index in [0.717, 1.165) is 25.3 Å². The largest absolute Gasteiger partial charge is 0.366 e. The van der Waals surface area contributed by atoms with Crippen molar-refractivity contribution in [2.75, 3.05) is 38.1 Å². The summed E-state index contributed by atoms with van der Waals surface area (Å²) in [6, 6.07) is 7.73. The molecule has 5 nitrogen and oxygen atoms in total. The van der Waals surface area contributed by atoms with Gasteiger partial charge in [-0.2, -0.15) is 0 Å². The maximum atomic E-state index is 11.0. The van der Waals surface area contributed by atoms with E-state index in [1.165, 1.54) is 0 Å². The average Bonchev–Trinajstić information content (AvgIpc) is 2.38. The standard InChI is InChI=1S/C13H20N4O/c1-16-6-7-17(12(8-14)9-16)11-4-2-10(3-5-11)13(15)18/h2-5,12H,6-9,14H2,1H3,(H2,15,18). The lowest BCUT2D eigenvalue weighted by atomic mass is 10.1. The summed E-state index contributed by atoms with van der Waals surface area (Å²) in [6.45, 7) is 3.57. The van der Waals surface area contributed by atoms with Gasteiger partial charge in [-0.3, -0.25) is 4.79 Å². The molecule has 0 radical (unpaired) electrons. The van der Waals surface area contributed by atoms with Gasteiger partial charge in [0.1, 0.15) is 0 Å². The van der Waals surface area contributed by atoms with Gasteiger partial charge in [0, 0.05) is 37.4 Å². The minimum absolute atomic E-state index is 0.322. The van der Waals surface area contributed by atoms with E-state index in [0.29, 0.717) is 18.2 Å². The molecule has 1 aromatic carbocycles. The Hall–Kier alpha value is -1.59. The van der Waals surface area contributed by atoms with Gasteiger partial charge in [-0.1, -0.05) is 0 Å². The van der Waals surface area contributed by atoms with Crippen LogP contribution in [0.4, 0.5) is 5.69 Å². The summed E-state index contributed by atoms with van der Waals surface area (Å²) in [5, 5.41) is 0. The molecular weight excluding hydrogens is 228 g/mol. The van der Waals surface area contributed by atoms with Crippen LogP contribution in [0.2, 0.25) is 0 Å². The molecule has 1 saturated heterocycles. The molecule has 2 rings (SSSR count). The molecule has 1 aliphatic heterocycles. The van der Waals surface area contributed by atoms with Crippen molar-refractivity contribution in [3.8, 4) is 0 Å². The van der Waals surface area contributed by atoms with Crippen LogP contribution in [0, 0.1) is 0 Å². The molecular formula is C13H20N4O. The van der Waals surface area contributed by atoms with Crippen molar-refractivity contribution < 1.29 is 4.79 Å². The van der Waals surface area contributed by atoms with Crippen molar-refractivity contribution in [1.29, 1.82) is 0 Å². The molecule has 0 saturated carbocycles. The van der Waals surface area contributed by atoms with E-state index in [1.807, 2.05) is 12.1 Å². The fourth-order valence-corrected chi connectivity index (χ4v) is 2.37. The first-order valence-corrected chi connectivity index (χ1v) is 6.17. The molecule has 0 bridgehead atoms. The highest BCUT2D eigenvalue weighted by atomic mass is 16.1. The van der Waals surface area contributed by atoms with E-state index in [2.05, 4.69) is 16.8 Å². The SMILES string of the molecule is CN1CCN(c2ccc(C(N)=O)cc2)C(CN)C1. The number of nitrogens with zero attached hydrogens (tertiary/aromatic N) is 2. The first kappa shape index (κ1) is 12.9. The predicted octanol–water partition coefficient (Wildman–Crippen LogP) is -0.135. The Morgan fingerprint density at radius 3 is 2.56 bits per heavy atom. The van der Waals surface area contributed by atoms with Crippen molar-refractivity contribution >= 4 is 11.6 Å². The monoisotopic (exact) mass is 248 g/mol.